The molecule has 1 atom stereocenters. The summed E-state index contributed by atoms with van der Waals surface area (Å²) in [5.74, 6) is 0.0382. The van der Waals surface area contributed by atoms with Crippen molar-refractivity contribution in [1.82, 2.24) is 5.32 Å². The predicted octanol–water partition coefficient (Wildman–Crippen LogP) is 3.11. The van der Waals surface area contributed by atoms with Gasteiger partial charge in [0.05, 0.1) is 11.0 Å². The molecule has 1 aromatic carbocycles. The van der Waals surface area contributed by atoms with E-state index in [-0.39, 0.29) is 40.8 Å². The first-order valence-electron chi connectivity index (χ1n) is 8.34. The lowest BCUT2D eigenvalue weighted by atomic mass is 9.94. The highest BCUT2D eigenvalue weighted by Crippen LogP contribution is 2.14. The molecule has 1 unspecified atom stereocenters. The minimum absolute atomic E-state index is 0. The summed E-state index contributed by atoms with van der Waals surface area (Å²) < 4.78 is 0. The van der Waals surface area contributed by atoms with Crippen LogP contribution in [0.5, 0.6) is 0 Å². The summed E-state index contributed by atoms with van der Waals surface area (Å²) in [7, 11) is 0. The molecule has 0 heterocycles. The molecular formula is C18H30ClN3O2S. The molecule has 0 aliphatic heterocycles. The number of nitrogens with one attached hydrogen (secondary N) is 2. The summed E-state index contributed by atoms with van der Waals surface area (Å²) in [4.78, 5) is 24.1. The van der Waals surface area contributed by atoms with E-state index in [9.17, 15) is 9.59 Å². The molecule has 0 spiro atoms. The number of thioether (sulfide) groups is 1. The van der Waals surface area contributed by atoms with E-state index < -0.39 is 0 Å². The summed E-state index contributed by atoms with van der Waals surface area (Å²) in [6, 6.07) is 7.62. The number of nitrogens with two attached hydrogens (primary N) is 1. The Balaban J connectivity index is 0.00000576. The van der Waals surface area contributed by atoms with Crippen molar-refractivity contribution in [3.8, 4) is 0 Å². The second-order valence-electron chi connectivity index (χ2n) is 6.15. The van der Waals surface area contributed by atoms with Crippen LogP contribution in [0.4, 0.5) is 5.69 Å². The van der Waals surface area contributed by atoms with E-state index >= 15 is 0 Å². The van der Waals surface area contributed by atoms with Gasteiger partial charge in [-0.15, -0.1) is 24.2 Å². The minimum Gasteiger partial charge on any atom is -0.353 e. The fourth-order valence-electron chi connectivity index (χ4n) is 2.02. The summed E-state index contributed by atoms with van der Waals surface area (Å²) in [5, 5.41) is 5.42. The molecular weight excluding hydrogens is 358 g/mol. The molecule has 0 bridgehead atoms. The van der Waals surface area contributed by atoms with Crippen molar-refractivity contribution in [2.45, 2.75) is 51.3 Å². The first-order valence-corrected chi connectivity index (χ1v) is 9.39. The third-order valence-corrected chi connectivity index (χ3v) is 5.33. The molecule has 1 rings (SSSR count). The first kappa shape index (κ1) is 23.8. The van der Waals surface area contributed by atoms with E-state index in [0.717, 1.165) is 24.1 Å². The van der Waals surface area contributed by atoms with Crippen LogP contribution in [0.15, 0.2) is 24.3 Å². The normalized spacial score (nSPS) is 12.0. The number of aryl methyl sites for hydroxylation is 1. The van der Waals surface area contributed by atoms with Gasteiger partial charge in [0, 0.05) is 17.8 Å². The molecule has 0 saturated heterocycles. The van der Waals surface area contributed by atoms with Gasteiger partial charge in [-0.1, -0.05) is 31.5 Å². The fourth-order valence-corrected chi connectivity index (χ4v) is 2.73. The molecule has 5 nitrogen and oxygen atoms in total. The van der Waals surface area contributed by atoms with Crippen molar-refractivity contribution in [1.29, 1.82) is 0 Å². The summed E-state index contributed by atoms with van der Waals surface area (Å²) >= 11 is 1.32. The Morgan fingerprint density at radius 1 is 1.20 bits per heavy atom. The van der Waals surface area contributed by atoms with Crippen LogP contribution >= 0.6 is 24.2 Å². The zero-order chi connectivity index (χ0) is 18.2. The van der Waals surface area contributed by atoms with Crippen molar-refractivity contribution >= 4 is 41.7 Å². The Kier molecular flexibility index (Phi) is 10.8. The number of hydrogen-bond acceptors (Lipinski definition) is 4. The third-order valence-electron chi connectivity index (χ3n) is 4.19. The number of halogens is 1. The Bertz CT molecular complexity index is 548. The SMILES string of the molecule is CCC(N)(CC)CNC(=O)C(C)SCC(=O)Nc1ccc(C)cc1.Cl. The van der Waals surface area contributed by atoms with Crippen LogP contribution in [-0.4, -0.2) is 34.9 Å². The second-order valence-corrected chi connectivity index (χ2v) is 7.48. The van der Waals surface area contributed by atoms with Gasteiger partial charge in [-0.05, 0) is 38.8 Å². The van der Waals surface area contributed by atoms with Gasteiger partial charge < -0.3 is 16.4 Å². The maximum Gasteiger partial charge on any atom is 0.234 e. The van der Waals surface area contributed by atoms with Gasteiger partial charge in [0.25, 0.3) is 0 Å². The van der Waals surface area contributed by atoms with E-state index in [1.165, 1.54) is 11.8 Å². The molecule has 0 fully saturated rings. The van der Waals surface area contributed by atoms with Gasteiger partial charge in [-0.3, -0.25) is 9.59 Å². The van der Waals surface area contributed by atoms with Crippen LogP contribution in [0.3, 0.4) is 0 Å². The molecule has 7 heteroatoms. The minimum atomic E-state index is -0.358. The van der Waals surface area contributed by atoms with Gasteiger partial charge >= 0.3 is 0 Å². The molecule has 1 aromatic rings. The number of carbonyl (C=O) groups excluding carboxylic acids is 2. The molecule has 25 heavy (non-hydrogen) atoms. The number of amides is 2. The Hall–Kier alpha value is -1.24. The average Bonchev–Trinajstić information content (AvgIpc) is 2.59. The van der Waals surface area contributed by atoms with E-state index in [4.69, 9.17) is 5.73 Å². The van der Waals surface area contributed by atoms with Crippen LogP contribution < -0.4 is 16.4 Å². The van der Waals surface area contributed by atoms with Crippen molar-refractivity contribution in [3.63, 3.8) is 0 Å². The smallest absolute Gasteiger partial charge is 0.234 e. The largest absolute Gasteiger partial charge is 0.353 e. The lowest BCUT2D eigenvalue weighted by Crippen LogP contribution is -2.50. The van der Waals surface area contributed by atoms with Crippen LogP contribution in [0.1, 0.15) is 39.2 Å². The van der Waals surface area contributed by atoms with Gasteiger partial charge in [0.2, 0.25) is 11.8 Å². The predicted molar refractivity (Wildman–Crippen MR) is 109 cm³/mol. The molecule has 0 radical (unpaired) electrons. The van der Waals surface area contributed by atoms with Crippen molar-refractivity contribution in [2.75, 3.05) is 17.6 Å². The fraction of sp³-hybridized carbons (Fsp3) is 0.556. The third kappa shape index (κ3) is 8.61. The molecule has 4 N–H and O–H groups in total. The molecule has 0 aromatic heterocycles. The van der Waals surface area contributed by atoms with Gasteiger partial charge in [0.15, 0.2) is 0 Å². The number of carbonyl (C=O) groups is 2. The Morgan fingerprint density at radius 2 is 1.76 bits per heavy atom. The van der Waals surface area contributed by atoms with Gasteiger partial charge in [-0.25, -0.2) is 0 Å². The van der Waals surface area contributed by atoms with E-state index in [1.807, 2.05) is 45.0 Å². The molecule has 0 aliphatic carbocycles. The van der Waals surface area contributed by atoms with Crippen molar-refractivity contribution < 1.29 is 9.59 Å². The molecule has 0 aliphatic rings. The van der Waals surface area contributed by atoms with Crippen LogP contribution in [0, 0.1) is 6.92 Å². The second kappa shape index (κ2) is 11.4. The quantitative estimate of drug-likeness (QED) is 0.607. The topological polar surface area (TPSA) is 84.2 Å². The number of hydrogen-bond donors (Lipinski definition) is 3. The average molecular weight is 388 g/mol. The summed E-state index contributed by atoms with van der Waals surface area (Å²) in [5.41, 5.74) is 7.73. The molecule has 0 saturated carbocycles. The zero-order valence-corrected chi connectivity index (χ0v) is 17.1. The molecule has 142 valence electrons. The lowest BCUT2D eigenvalue weighted by molar-refractivity contribution is -0.120. The van der Waals surface area contributed by atoms with Crippen LogP contribution in [-0.2, 0) is 9.59 Å². The standard InChI is InChI=1S/C18H29N3O2S.ClH/c1-5-18(19,6-2)12-20-17(23)14(4)24-11-16(22)21-15-9-7-13(3)8-10-15;/h7-10,14H,5-6,11-12,19H2,1-4H3,(H,20,23)(H,21,22);1H. The summed E-state index contributed by atoms with van der Waals surface area (Å²) in [6.07, 6.45) is 1.62. The van der Waals surface area contributed by atoms with Gasteiger partial charge in [0.1, 0.15) is 0 Å². The number of anilines is 1. The van der Waals surface area contributed by atoms with E-state index in [2.05, 4.69) is 10.6 Å². The zero-order valence-electron chi connectivity index (χ0n) is 15.4. The van der Waals surface area contributed by atoms with Crippen LogP contribution in [0.25, 0.3) is 0 Å². The number of rotatable bonds is 9. The highest BCUT2D eigenvalue weighted by molar-refractivity contribution is 8.01. The van der Waals surface area contributed by atoms with E-state index in [0.29, 0.717) is 6.54 Å². The maximum absolute atomic E-state index is 12.1. The summed E-state index contributed by atoms with van der Waals surface area (Å²) in [6.45, 7) is 8.29. The van der Waals surface area contributed by atoms with Crippen molar-refractivity contribution in [3.05, 3.63) is 29.8 Å². The number of benzene rings is 1. The first-order chi connectivity index (χ1) is 11.3. The van der Waals surface area contributed by atoms with E-state index in [1.54, 1.807) is 6.92 Å². The monoisotopic (exact) mass is 387 g/mol. The highest BCUT2D eigenvalue weighted by atomic mass is 35.5. The van der Waals surface area contributed by atoms with Crippen molar-refractivity contribution in [2.24, 2.45) is 5.73 Å². The maximum atomic E-state index is 12.1. The van der Waals surface area contributed by atoms with Gasteiger partial charge in [-0.2, -0.15) is 0 Å². The molecule has 2 amide bonds. The Morgan fingerprint density at radius 3 is 2.28 bits per heavy atom. The van der Waals surface area contributed by atoms with Crippen LogP contribution in [0.2, 0.25) is 0 Å². The Labute approximate surface area is 161 Å². The lowest BCUT2D eigenvalue weighted by Gasteiger charge is -2.27. The highest BCUT2D eigenvalue weighted by Gasteiger charge is 2.23.